The molecule has 0 atom stereocenters. The fraction of sp³-hybridized carbons (Fsp3) is 0.643. The van der Waals surface area contributed by atoms with Crippen LogP contribution < -0.4 is 10.6 Å². The van der Waals surface area contributed by atoms with Crippen molar-refractivity contribution in [2.45, 2.75) is 45.6 Å². The topological polar surface area (TPSA) is 75.3 Å². The van der Waals surface area contributed by atoms with Crippen molar-refractivity contribution in [1.29, 1.82) is 0 Å². The molecule has 118 valence electrons. The van der Waals surface area contributed by atoms with E-state index in [4.69, 9.17) is 4.52 Å². The Morgan fingerprint density at radius 3 is 2.86 bits per heavy atom. The lowest BCUT2D eigenvalue weighted by molar-refractivity contribution is 0.387. The zero-order valence-electron chi connectivity index (χ0n) is 12.7. The third kappa shape index (κ3) is 6.45. The van der Waals surface area contributed by atoms with Crippen molar-refractivity contribution in [3.63, 3.8) is 0 Å². The first-order valence-electron chi connectivity index (χ1n) is 7.19. The second-order valence-corrected chi connectivity index (χ2v) is 4.94. The molecule has 2 rings (SSSR count). The number of nitrogens with one attached hydrogen (secondary N) is 2. The van der Waals surface area contributed by atoms with Crippen molar-refractivity contribution >= 4 is 29.9 Å². The van der Waals surface area contributed by atoms with Gasteiger partial charge in [-0.05, 0) is 32.1 Å². The van der Waals surface area contributed by atoms with Gasteiger partial charge in [-0.15, -0.1) is 24.0 Å². The number of rotatable bonds is 5. The van der Waals surface area contributed by atoms with Gasteiger partial charge < -0.3 is 15.2 Å². The molecular formula is C14H24IN5O. The van der Waals surface area contributed by atoms with E-state index in [0.29, 0.717) is 18.3 Å². The van der Waals surface area contributed by atoms with Crippen LogP contribution in [-0.4, -0.2) is 29.7 Å². The third-order valence-corrected chi connectivity index (χ3v) is 3.33. The average Bonchev–Trinajstić information content (AvgIpc) is 2.89. The first-order chi connectivity index (χ1) is 9.78. The maximum absolute atomic E-state index is 4.92. The number of hydrogen-bond donors (Lipinski definition) is 2. The standard InChI is InChI=1S/C14H23N5O.HI/c1-11-18-13(19-20-11)10-17-14(15-2)16-9-8-12-6-4-3-5-7-12;/h6H,3-5,7-10H2,1-2H3,(H2,15,16,17);1H. The Morgan fingerprint density at radius 2 is 2.24 bits per heavy atom. The van der Waals surface area contributed by atoms with Crippen LogP contribution in [0.2, 0.25) is 0 Å². The normalized spacial score (nSPS) is 15.1. The first kappa shape index (κ1) is 17.9. The Kier molecular flexibility index (Phi) is 8.33. The van der Waals surface area contributed by atoms with Gasteiger partial charge in [0.1, 0.15) is 0 Å². The molecular weight excluding hydrogens is 381 g/mol. The van der Waals surface area contributed by atoms with Crippen molar-refractivity contribution in [1.82, 2.24) is 20.8 Å². The van der Waals surface area contributed by atoms with E-state index in [1.54, 1.807) is 19.5 Å². The smallest absolute Gasteiger partial charge is 0.223 e. The van der Waals surface area contributed by atoms with E-state index >= 15 is 0 Å². The highest BCUT2D eigenvalue weighted by Crippen LogP contribution is 2.19. The molecule has 0 radical (unpaired) electrons. The van der Waals surface area contributed by atoms with E-state index in [0.717, 1.165) is 18.9 Å². The summed E-state index contributed by atoms with van der Waals surface area (Å²) < 4.78 is 4.92. The maximum atomic E-state index is 4.92. The van der Waals surface area contributed by atoms with E-state index < -0.39 is 0 Å². The van der Waals surface area contributed by atoms with Crippen LogP contribution in [0.1, 0.15) is 43.8 Å². The van der Waals surface area contributed by atoms with Gasteiger partial charge in [0.05, 0.1) is 6.54 Å². The number of halogens is 1. The number of nitrogens with zero attached hydrogens (tertiary/aromatic N) is 3. The molecule has 21 heavy (non-hydrogen) atoms. The lowest BCUT2D eigenvalue weighted by Crippen LogP contribution is -2.37. The van der Waals surface area contributed by atoms with Crippen molar-refractivity contribution in [3.05, 3.63) is 23.4 Å². The predicted octanol–water partition coefficient (Wildman–Crippen LogP) is 2.55. The van der Waals surface area contributed by atoms with Gasteiger partial charge in [0, 0.05) is 20.5 Å². The molecule has 0 spiro atoms. The van der Waals surface area contributed by atoms with Gasteiger partial charge in [-0.2, -0.15) is 4.98 Å². The van der Waals surface area contributed by atoms with Gasteiger partial charge in [-0.1, -0.05) is 16.8 Å². The lowest BCUT2D eigenvalue weighted by atomic mass is 9.97. The molecule has 2 N–H and O–H groups in total. The summed E-state index contributed by atoms with van der Waals surface area (Å²) in [6, 6.07) is 0. The Labute approximate surface area is 142 Å². The van der Waals surface area contributed by atoms with E-state index in [1.807, 2.05) is 0 Å². The van der Waals surface area contributed by atoms with Crippen LogP contribution in [0.5, 0.6) is 0 Å². The molecule has 0 saturated carbocycles. The van der Waals surface area contributed by atoms with Crippen molar-refractivity contribution in [2.24, 2.45) is 4.99 Å². The number of aliphatic imine (C=N–C) groups is 1. The van der Waals surface area contributed by atoms with E-state index in [9.17, 15) is 0 Å². The fourth-order valence-electron chi connectivity index (χ4n) is 2.27. The fourth-order valence-corrected chi connectivity index (χ4v) is 2.27. The molecule has 6 nitrogen and oxygen atoms in total. The molecule has 0 bridgehead atoms. The largest absolute Gasteiger partial charge is 0.356 e. The molecule has 1 aliphatic rings. The second-order valence-electron chi connectivity index (χ2n) is 4.94. The Hall–Kier alpha value is -1.12. The number of hydrogen-bond acceptors (Lipinski definition) is 4. The van der Waals surface area contributed by atoms with Crippen LogP contribution in [-0.2, 0) is 6.54 Å². The molecule has 0 amide bonds. The van der Waals surface area contributed by atoms with Gasteiger partial charge in [-0.25, -0.2) is 0 Å². The lowest BCUT2D eigenvalue weighted by Gasteiger charge is -2.14. The zero-order chi connectivity index (χ0) is 14.2. The first-order valence-corrected chi connectivity index (χ1v) is 7.19. The highest BCUT2D eigenvalue weighted by Gasteiger charge is 2.05. The SMILES string of the molecule is CN=C(NCCC1=CCCCC1)NCc1noc(C)n1.I. The Morgan fingerprint density at radius 1 is 1.38 bits per heavy atom. The zero-order valence-corrected chi connectivity index (χ0v) is 15.0. The monoisotopic (exact) mass is 405 g/mol. The summed E-state index contributed by atoms with van der Waals surface area (Å²) in [7, 11) is 1.76. The summed E-state index contributed by atoms with van der Waals surface area (Å²) >= 11 is 0. The molecule has 0 fully saturated rings. The summed E-state index contributed by atoms with van der Waals surface area (Å²) in [6.07, 6.45) is 8.61. The molecule has 0 aromatic carbocycles. The third-order valence-electron chi connectivity index (χ3n) is 3.33. The van der Waals surface area contributed by atoms with Crippen LogP contribution in [0.15, 0.2) is 21.2 Å². The molecule has 1 heterocycles. The predicted molar refractivity (Wildman–Crippen MR) is 93.8 cm³/mol. The molecule has 0 unspecified atom stereocenters. The molecule has 1 aromatic rings. The van der Waals surface area contributed by atoms with Crippen LogP contribution >= 0.6 is 24.0 Å². The minimum atomic E-state index is 0. The summed E-state index contributed by atoms with van der Waals surface area (Å²) in [5.41, 5.74) is 1.56. The minimum Gasteiger partial charge on any atom is -0.356 e. The highest BCUT2D eigenvalue weighted by atomic mass is 127. The van der Waals surface area contributed by atoms with Gasteiger partial charge in [0.25, 0.3) is 0 Å². The average molecular weight is 405 g/mol. The second kappa shape index (κ2) is 9.75. The van der Waals surface area contributed by atoms with Gasteiger partial charge in [0.15, 0.2) is 11.8 Å². The molecule has 0 saturated heterocycles. The van der Waals surface area contributed by atoms with Crippen LogP contribution in [0.4, 0.5) is 0 Å². The maximum Gasteiger partial charge on any atom is 0.223 e. The summed E-state index contributed by atoms with van der Waals surface area (Å²) in [4.78, 5) is 8.32. The van der Waals surface area contributed by atoms with Crippen molar-refractivity contribution in [3.8, 4) is 0 Å². The quantitative estimate of drug-likeness (QED) is 0.341. The van der Waals surface area contributed by atoms with E-state index in [1.165, 1.54) is 25.7 Å². The summed E-state index contributed by atoms with van der Waals surface area (Å²) in [5.74, 6) is 1.98. The summed E-state index contributed by atoms with van der Waals surface area (Å²) in [5, 5.41) is 10.3. The van der Waals surface area contributed by atoms with Gasteiger partial charge in [-0.3, -0.25) is 4.99 Å². The summed E-state index contributed by atoms with van der Waals surface area (Å²) in [6.45, 7) is 3.19. The Bertz CT molecular complexity index is 483. The van der Waals surface area contributed by atoms with Crippen LogP contribution in [0.3, 0.4) is 0 Å². The molecule has 1 aromatic heterocycles. The number of guanidine groups is 1. The highest BCUT2D eigenvalue weighted by molar-refractivity contribution is 14.0. The number of allylic oxidation sites excluding steroid dienone is 1. The molecule has 7 heteroatoms. The van der Waals surface area contributed by atoms with Crippen LogP contribution in [0.25, 0.3) is 0 Å². The van der Waals surface area contributed by atoms with Crippen molar-refractivity contribution < 1.29 is 4.52 Å². The molecule has 1 aliphatic carbocycles. The number of aryl methyl sites for hydroxylation is 1. The van der Waals surface area contributed by atoms with E-state index in [-0.39, 0.29) is 24.0 Å². The van der Waals surface area contributed by atoms with Crippen LogP contribution in [0, 0.1) is 6.92 Å². The van der Waals surface area contributed by atoms with E-state index in [2.05, 4.69) is 31.8 Å². The van der Waals surface area contributed by atoms with Gasteiger partial charge in [0.2, 0.25) is 5.89 Å². The van der Waals surface area contributed by atoms with Crippen molar-refractivity contribution in [2.75, 3.05) is 13.6 Å². The minimum absolute atomic E-state index is 0. The number of aromatic nitrogens is 2. The Balaban J connectivity index is 0.00000220. The molecule has 0 aliphatic heterocycles. The van der Waals surface area contributed by atoms with Gasteiger partial charge >= 0.3 is 0 Å².